The molecule has 0 heterocycles. The average Bonchev–Trinajstić information content (AvgIpc) is 2.41. The van der Waals surface area contributed by atoms with Crippen molar-refractivity contribution in [2.24, 2.45) is 0 Å². The van der Waals surface area contributed by atoms with Gasteiger partial charge in [-0.2, -0.15) is 0 Å². The maximum absolute atomic E-state index is 13.2. The number of anilines is 1. The van der Waals surface area contributed by atoms with E-state index in [-0.39, 0.29) is 12.3 Å². The summed E-state index contributed by atoms with van der Waals surface area (Å²) in [6, 6.07) is 12.8. The van der Waals surface area contributed by atoms with Crippen molar-refractivity contribution in [3.63, 3.8) is 0 Å². The number of amides is 1. The lowest BCUT2D eigenvalue weighted by atomic mass is 10.2. The molecule has 0 spiro atoms. The van der Waals surface area contributed by atoms with Gasteiger partial charge in [-0.25, -0.2) is 9.18 Å². The van der Waals surface area contributed by atoms with E-state index in [2.05, 4.69) is 5.32 Å². The molecular formula is C14H13FN2O2. The van der Waals surface area contributed by atoms with Crippen LogP contribution >= 0.6 is 0 Å². The van der Waals surface area contributed by atoms with Crippen molar-refractivity contribution in [2.45, 2.75) is 6.54 Å². The van der Waals surface area contributed by atoms with Gasteiger partial charge in [0.1, 0.15) is 0 Å². The Bertz CT molecular complexity index is 570. The highest BCUT2D eigenvalue weighted by molar-refractivity contribution is 5.70. The molecule has 0 radical (unpaired) electrons. The topological polar surface area (TPSA) is 64.3 Å². The Hall–Kier alpha value is -2.56. The molecule has 2 rings (SSSR count). The van der Waals surface area contributed by atoms with E-state index in [1.54, 1.807) is 30.3 Å². The molecule has 2 aromatic carbocycles. The van der Waals surface area contributed by atoms with E-state index in [1.807, 2.05) is 0 Å². The largest absolute Gasteiger partial charge is 0.412 e. The standard InChI is InChI=1S/C14H13FN2O2/c15-12-3-1-2-4-13(12)19-14(18)17-9-10-5-7-11(16)8-6-10/h1-8H,9,16H2,(H,17,18). The molecule has 2 aromatic rings. The van der Waals surface area contributed by atoms with E-state index in [1.165, 1.54) is 18.2 Å². The van der Waals surface area contributed by atoms with Crippen molar-refractivity contribution >= 4 is 11.8 Å². The minimum Gasteiger partial charge on any atom is -0.407 e. The first kappa shape index (κ1) is 12.9. The Kier molecular flexibility index (Phi) is 3.97. The minimum atomic E-state index is -0.707. The van der Waals surface area contributed by atoms with Crippen LogP contribution < -0.4 is 15.8 Å². The first-order valence-electron chi connectivity index (χ1n) is 5.70. The number of nitrogens with one attached hydrogen (secondary N) is 1. The highest BCUT2D eigenvalue weighted by Crippen LogP contribution is 2.15. The van der Waals surface area contributed by atoms with Crippen LogP contribution in [-0.2, 0) is 6.54 Å². The van der Waals surface area contributed by atoms with Gasteiger partial charge in [-0.05, 0) is 29.8 Å². The number of nitrogens with two attached hydrogens (primary N) is 1. The van der Waals surface area contributed by atoms with Crippen molar-refractivity contribution < 1.29 is 13.9 Å². The number of benzene rings is 2. The van der Waals surface area contributed by atoms with Crippen LogP contribution in [0.2, 0.25) is 0 Å². The third-order valence-corrected chi connectivity index (χ3v) is 2.46. The molecule has 19 heavy (non-hydrogen) atoms. The number of nitrogen functional groups attached to an aromatic ring is 1. The molecule has 0 unspecified atom stereocenters. The number of ether oxygens (including phenoxy) is 1. The Morgan fingerprint density at radius 2 is 1.84 bits per heavy atom. The summed E-state index contributed by atoms with van der Waals surface area (Å²) in [5, 5.41) is 2.53. The summed E-state index contributed by atoms with van der Waals surface area (Å²) in [6.45, 7) is 0.285. The summed E-state index contributed by atoms with van der Waals surface area (Å²) >= 11 is 0. The maximum atomic E-state index is 13.2. The molecular weight excluding hydrogens is 247 g/mol. The van der Waals surface area contributed by atoms with Crippen LogP contribution in [0.1, 0.15) is 5.56 Å². The zero-order valence-corrected chi connectivity index (χ0v) is 10.1. The van der Waals surface area contributed by atoms with Gasteiger partial charge in [0.2, 0.25) is 0 Å². The van der Waals surface area contributed by atoms with Crippen LogP contribution in [-0.4, -0.2) is 6.09 Å². The number of para-hydroxylation sites is 1. The lowest BCUT2D eigenvalue weighted by Crippen LogP contribution is -2.26. The van der Waals surface area contributed by atoms with E-state index < -0.39 is 11.9 Å². The second-order valence-corrected chi connectivity index (χ2v) is 3.92. The monoisotopic (exact) mass is 260 g/mol. The van der Waals surface area contributed by atoms with Crippen LogP contribution in [0.4, 0.5) is 14.9 Å². The molecule has 98 valence electrons. The number of carbonyl (C=O) groups is 1. The van der Waals surface area contributed by atoms with E-state index in [4.69, 9.17) is 10.5 Å². The zero-order valence-electron chi connectivity index (χ0n) is 10.1. The normalized spacial score (nSPS) is 9.95. The van der Waals surface area contributed by atoms with Crippen LogP contribution in [0.15, 0.2) is 48.5 Å². The van der Waals surface area contributed by atoms with Gasteiger partial charge in [0.05, 0.1) is 0 Å². The number of hydrogen-bond donors (Lipinski definition) is 2. The molecule has 5 heteroatoms. The number of carbonyl (C=O) groups excluding carboxylic acids is 1. The smallest absolute Gasteiger partial charge is 0.407 e. The fourth-order valence-corrected chi connectivity index (χ4v) is 1.47. The molecule has 1 amide bonds. The van der Waals surface area contributed by atoms with Gasteiger partial charge < -0.3 is 15.8 Å². The van der Waals surface area contributed by atoms with Crippen LogP contribution in [0.25, 0.3) is 0 Å². The van der Waals surface area contributed by atoms with Gasteiger partial charge in [0.15, 0.2) is 11.6 Å². The molecule has 0 bridgehead atoms. The average molecular weight is 260 g/mol. The fraction of sp³-hybridized carbons (Fsp3) is 0.0714. The molecule has 4 nitrogen and oxygen atoms in total. The fourth-order valence-electron chi connectivity index (χ4n) is 1.47. The van der Waals surface area contributed by atoms with Gasteiger partial charge >= 0.3 is 6.09 Å². The summed E-state index contributed by atoms with van der Waals surface area (Å²) < 4.78 is 18.1. The second-order valence-electron chi connectivity index (χ2n) is 3.92. The van der Waals surface area contributed by atoms with Gasteiger partial charge in [-0.1, -0.05) is 24.3 Å². The molecule has 0 aliphatic carbocycles. The van der Waals surface area contributed by atoms with Gasteiger partial charge in [0.25, 0.3) is 0 Å². The van der Waals surface area contributed by atoms with Gasteiger partial charge in [0, 0.05) is 12.2 Å². The summed E-state index contributed by atoms with van der Waals surface area (Å²) in [5.41, 5.74) is 7.07. The van der Waals surface area contributed by atoms with Gasteiger partial charge in [-0.15, -0.1) is 0 Å². The third kappa shape index (κ3) is 3.70. The Morgan fingerprint density at radius 1 is 1.16 bits per heavy atom. The highest BCUT2D eigenvalue weighted by atomic mass is 19.1. The maximum Gasteiger partial charge on any atom is 0.412 e. The molecule has 0 saturated carbocycles. The SMILES string of the molecule is Nc1ccc(CNC(=O)Oc2ccccc2F)cc1. The van der Waals surface area contributed by atoms with E-state index >= 15 is 0 Å². The van der Waals surface area contributed by atoms with E-state index in [9.17, 15) is 9.18 Å². The van der Waals surface area contributed by atoms with Crippen LogP contribution in [0.3, 0.4) is 0 Å². The van der Waals surface area contributed by atoms with Crippen molar-refractivity contribution in [3.05, 3.63) is 59.9 Å². The molecule has 3 N–H and O–H groups in total. The molecule has 0 fully saturated rings. The highest BCUT2D eigenvalue weighted by Gasteiger charge is 2.07. The van der Waals surface area contributed by atoms with Crippen LogP contribution in [0.5, 0.6) is 5.75 Å². The minimum absolute atomic E-state index is 0.0997. The molecule has 0 saturated heterocycles. The molecule has 0 aromatic heterocycles. The van der Waals surface area contributed by atoms with Gasteiger partial charge in [-0.3, -0.25) is 0 Å². The van der Waals surface area contributed by atoms with Crippen molar-refractivity contribution in [3.8, 4) is 5.75 Å². The number of halogens is 1. The predicted molar refractivity (Wildman–Crippen MR) is 70.1 cm³/mol. The van der Waals surface area contributed by atoms with E-state index in [0.29, 0.717) is 5.69 Å². The molecule has 0 aliphatic rings. The van der Waals surface area contributed by atoms with Crippen molar-refractivity contribution in [1.82, 2.24) is 5.32 Å². The second kappa shape index (κ2) is 5.86. The Labute approximate surface area is 110 Å². The van der Waals surface area contributed by atoms with Crippen LogP contribution in [0, 0.1) is 5.82 Å². The van der Waals surface area contributed by atoms with Crippen molar-refractivity contribution in [2.75, 3.05) is 5.73 Å². The Morgan fingerprint density at radius 3 is 2.53 bits per heavy atom. The molecule has 0 aliphatic heterocycles. The summed E-state index contributed by atoms with van der Waals surface area (Å²) in [6.07, 6.45) is -0.707. The first-order chi connectivity index (χ1) is 9.15. The summed E-state index contributed by atoms with van der Waals surface area (Å²) in [7, 11) is 0. The number of hydrogen-bond acceptors (Lipinski definition) is 3. The van der Waals surface area contributed by atoms with E-state index in [0.717, 1.165) is 5.56 Å². The number of rotatable bonds is 3. The first-order valence-corrected chi connectivity index (χ1v) is 5.70. The lowest BCUT2D eigenvalue weighted by Gasteiger charge is -2.07. The third-order valence-electron chi connectivity index (χ3n) is 2.46. The summed E-state index contributed by atoms with van der Waals surface area (Å²) in [4.78, 5) is 11.5. The lowest BCUT2D eigenvalue weighted by molar-refractivity contribution is 0.198. The predicted octanol–water partition coefficient (Wildman–Crippen LogP) is 2.70. The van der Waals surface area contributed by atoms with Crippen molar-refractivity contribution in [1.29, 1.82) is 0 Å². The molecule has 0 atom stereocenters. The Balaban J connectivity index is 1.88. The zero-order chi connectivity index (χ0) is 13.7. The quantitative estimate of drug-likeness (QED) is 0.834. The summed E-state index contributed by atoms with van der Waals surface area (Å²) in [5.74, 6) is -0.678.